The third-order valence-corrected chi connectivity index (χ3v) is 3.20. The standard InChI is InChI=1S/C14H19N3O4/c15-12-8-20-7-11(12)14(19)17-9-1-3-10(4-2-9)21-6-5-13(16)18/h1-4,11-12H,5-8,15H2,(H2,16,18)(H,17,19). The highest BCUT2D eigenvalue weighted by atomic mass is 16.5. The third-order valence-electron chi connectivity index (χ3n) is 3.20. The maximum absolute atomic E-state index is 12.0. The Bertz CT molecular complexity index is 503. The van der Waals surface area contributed by atoms with Crippen molar-refractivity contribution in [1.82, 2.24) is 0 Å². The molecule has 0 radical (unpaired) electrons. The van der Waals surface area contributed by atoms with E-state index in [1.165, 1.54) is 0 Å². The van der Waals surface area contributed by atoms with Gasteiger partial charge in [-0.05, 0) is 24.3 Å². The van der Waals surface area contributed by atoms with Crippen molar-refractivity contribution in [3.63, 3.8) is 0 Å². The fourth-order valence-corrected chi connectivity index (χ4v) is 1.98. The summed E-state index contributed by atoms with van der Waals surface area (Å²) in [5.74, 6) is -0.275. The quantitative estimate of drug-likeness (QED) is 0.674. The number of anilines is 1. The average Bonchev–Trinajstić information content (AvgIpc) is 2.87. The van der Waals surface area contributed by atoms with Crippen LogP contribution in [0.2, 0.25) is 0 Å². The Morgan fingerprint density at radius 1 is 1.29 bits per heavy atom. The average molecular weight is 293 g/mol. The first-order valence-electron chi connectivity index (χ1n) is 6.71. The second-order valence-corrected chi connectivity index (χ2v) is 4.89. The normalized spacial score (nSPS) is 21.0. The maximum Gasteiger partial charge on any atom is 0.231 e. The van der Waals surface area contributed by atoms with Gasteiger partial charge < -0.3 is 26.3 Å². The Hall–Kier alpha value is -2.12. The SMILES string of the molecule is NC(=O)CCOc1ccc(NC(=O)C2COCC2N)cc1. The van der Waals surface area contributed by atoms with Gasteiger partial charge in [-0.2, -0.15) is 0 Å². The van der Waals surface area contributed by atoms with Crippen LogP contribution in [0.5, 0.6) is 5.75 Å². The molecule has 0 bridgehead atoms. The number of primary amides is 1. The zero-order valence-corrected chi connectivity index (χ0v) is 11.6. The molecule has 1 aromatic carbocycles. The molecule has 1 heterocycles. The van der Waals surface area contributed by atoms with Gasteiger partial charge in [-0.3, -0.25) is 9.59 Å². The second kappa shape index (κ2) is 7.05. The Kier molecular flexibility index (Phi) is 5.13. The lowest BCUT2D eigenvalue weighted by atomic mass is 10.0. The number of benzene rings is 1. The van der Waals surface area contributed by atoms with Gasteiger partial charge in [0.2, 0.25) is 11.8 Å². The summed E-state index contributed by atoms with van der Waals surface area (Å²) in [5, 5.41) is 2.79. The molecule has 0 spiro atoms. The molecule has 2 atom stereocenters. The Morgan fingerprint density at radius 3 is 2.57 bits per heavy atom. The fraction of sp³-hybridized carbons (Fsp3) is 0.429. The van der Waals surface area contributed by atoms with E-state index in [9.17, 15) is 9.59 Å². The first-order valence-corrected chi connectivity index (χ1v) is 6.71. The van der Waals surface area contributed by atoms with Gasteiger partial charge in [0.25, 0.3) is 0 Å². The molecule has 114 valence electrons. The van der Waals surface area contributed by atoms with E-state index < -0.39 is 5.91 Å². The first kappa shape index (κ1) is 15.3. The number of amides is 2. The van der Waals surface area contributed by atoms with Crippen molar-refractivity contribution in [2.75, 3.05) is 25.1 Å². The molecule has 2 amide bonds. The van der Waals surface area contributed by atoms with Crippen LogP contribution in [0.1, 0.15) is 6.42 Å². The van der Waals surface area contributed by atoms with E-state index in [4.69, 9.17) is 20.9 Å². The van der Waals surface area contributed by atoms with Gasteiger partial charge >= 0.3 is 0 Å². The second-order valence-electron chi connectivity index (χ2n) is 4.89. The lowest BCUT2D eigenvalue weighted by molar-refractivity contribution is -0.120. The molecule has 1 aliphatic heterocycles. The van der Waals surface area contributed by atoms with Gasteiger partial charge in [0.15, 0.2) is 0 Å². The predicted molar refractivity (Wildman–Crippen MR) is 76.7 cm³/mol. The number of nitrogens with one attached hydrogen (secondary N) is 1. The highest BCUT2D eigenvalue weighted by Gasteiger charge is 2.31. The molecule has 1 saturated heterocycles. The van der Waals surface area contributed by atoms with Crippen LogP contribution in [-0.2, 0) is 14.3 Å². The number of nitrogens with two attached hydrogens (primary N) is 2. The maximum atomic E-state index is 12.0. The van der Waals surface area contributed by atoms with Gasteiger partial charge in [0.05, 0.1) is 32.2 Å². The fourth-order valence-electron chi connectivity index (χ4n) is 1.98. The van der Waals surface area contributed by atoms with Crippen molar-refractivity contribution >= 4 is 17.5 Å². The number of carbonyl (C=O) groups is 2. The molecule has 0 aromatic heterocycles. The lowest BCUT2D eigenvalue weighted by Crippen LogP contribution is -2.37. The zero-order chi connectivity index (χ0) is 15.2. The van der Waals surface area contributed by atoms with Crippen LogP contribution in [0.25, 0.3) is 0 Å². The van der Waals surface area contributed by atoms with Crippen LogP contribution in [0.15, 0.2) is 24.3 Å². The minimum absolute atomic E-state index is 0.151. The number of hydrogen-bond donors (Lipinski definition) is 3. The van der Waals surface area contributed by atoms with Crippen LogP contribution >= 0.6 is 0 Å². The van der Waals surface area contributed by atoms with E-state index in [2.05, 4.69) is 5.32 Å². The Labute approximate surface area is 122 Å². The van der Waals surface area contributed by atoms with E-state index in [1.807, 2.05) is 0 Å². The molecule has 1 fully saturated rings. The number of carbonyl (C=O) groups excluding carboxylic acids is 2. The van der Waals surface area contributed by atoms with Crippen LogP contribution in [-0.4, -0.2) is 37.7 Å². The molecule has 21 heavy (non-hydrogen) atoms. The van der Waals surface area contributed by atoms with E-state index in [-0.39, 0.29) is 30.9 Å². The van der Waals surface area contributed by atoms with Crippen LogP contribution < -0.4 is 21.5 Å². The van der Waals surface area contributed by atoms with Crippen molar-refractivity contribution in [2.24, 2.45) is 17.4 Å². The summed E-state index contributed by atoms with van der Waals surface area (Å²) in [5.41, 5.74) is 11.5. The zero-order valence-electron chi connectivity index (χ0n) is 11.6. The summed E-state index contributed by atoms with van der Waals surface area (Å²) >= 11 is 0. The van der Waals surface area contributed by atoms with E-state index in [0.717, 1.165) is 0 Å². The topological polar surface area (TPSA) is 117 Å². The number of rotatable bonds is 6. The van der Waals surface area contributed by atoms with Crippen LogP contribution in [0, 0.1) is 5.92 Å². The Morgan fingerprint density at radius 2 is 2.00 bits per heavy atom. The van der Waals surface area contributed by atoms with Crippen LogP contribution in [0.3, 0.4) is 0 Å². The monoisotopic (exact) mass is 293 g/mol. The molecule has 7 heteroatoms. The lowest BCUT2D eigenvalue weighted by Gasteiger charge is -2.13. The minimum atomic E-state index is -0.408. The van der Waals surface area contributed by atoms with Gasteiger partial charge in [-0.15, -0.1) is 0 Å². The first-order chi connectivity index (χ1) is 10.1. The Balaban J connectivity index is 1.84. The van der Waals surface area contributed by atoms with Crippen molar-refractivity contribution < 1.29 is 19.1 Å². The van der Waals surface area contributed by atoms with E-state index in [1.54, 1.807) is 24.3 Å². The molecule has 5 N–H and O–H groups in total. The third kappa shape index (κ3) is 4.44. The summed E-state index contributed by atoms with van der Waals surface area (Å²) in [6, 6.07) is 6.60. The van der Waals surface area contributed by atoms with Gasteiger partial charge in [-0.25, -0.2) is 0 Å². The summed E-state index contributed by atoms with van der Waals surface area (Å²) in [6.45, 7) is 0.987. The summed E-state index contributed by atoms with van der Waals surface area (Å²) in [4.78, 5) is 22.6. The smallest absolute Gasteiger partial charge is 0.231 e. The van der Waals surface area contributed by atoms with Gasteiger partial charge in [0, 0.05) is 11.7 Å². The van der Waals surface area contributed by atoms with E-state index >= 15 is 0 Å². The highest BCUT2D eigenvalue weighted by Crippen LogP contribution is 2.18. The van der Waals surface area contributed by atoms with Crippen molar-refractivity contribution in [3.8, 4) is 5.75 Å². The summed E-state index contributed by atoms with van der Waals surface area (Å²) in [6.07, 6.45) is 0.165. The molecule has 0 saturated carbocycles. The van der Waals surface area contributed by atoms with Crippen LogP contribution in [0.4, 0.5) is 5.69 Å². The minimum Gasteiger partial charge on any atom is -0.493 e. The molecule has 1 aliphatic rings. The van der Waals surface area contributed by atoms with Crippen molar-refractivity contribution in [3.05, 3.63) is 24.3 Å². The predicted octanol–water partition coefficient (Wildman–Crippen LogP) is -0.147. The largest absolute Gasteiger partial charge is 0.493 e. The summed E-state index contributed by atoms with van der Waals surface area (Å²) < 4.78 is 10.5. The van der Waals surface area contributed by atoms with Crippen molar-refractivity contribution in [1.29, 1.82) is 0 Å². The molecule has 1 aromatic rings. The molecular formula is C14H19N3O4. The molecule has 2 rings (SSSR count). The molecule has 7 nitrogen and oxygen atoms in total. The highest BCUT2D eigenvalue weighted by molar-refractivity contribution is 5.93. The van der Waals surface area contributed by atoms with Gasteiger partial charge in [-0.1, -0.05) is 0 Å². The summed E-state index contributed by atoms with van der Waals surface area (Å²) in [7, 11) is 0. The van der Waals surface area contributed by atoms with Crippen molar-refractivity contribution in [2.45, 2.75) is 12.5 Å². The van der Waals surface area contributed by atoms with Gasteiger partial charge in [0.1, 0.15) is 5.75 Å². The van der Waals surface area contributed by atoms with E-state index in [0.29, 0.717) is 24.7 Å². The molecular weight excluding hydrogens is 274 g/mol. The number of ether oxygens (including phenoxy) is 2. The molecule has 0 aliphatic carbocycles. The molecule has 2 unspecified atom stereocenters. The number of hydrogen-bond acceptors (Lipinski definition) is 5.